The fourth-order valence-electron chi connectivity index (χ4n) is 3.74. The minimum Gasteiger partial charge on any atom is -0.493 e. The molecule has 1 heterocycles. The maximum Gasteiger partial charge on any atom is 0.341 e. The van der Waals surface area contributed by atoms with Crippen LogP contribution in [0.25, 0.3) is 0 Å². The Labute approximate surface area is 181 Å². The van der Waals surface area contributed by atoms with Crippen molar-refractivity contribution in [1.82, 2.24) is 0 Å². The monoisotopic (exact) mass is 431 g/mol. The van der Waals surface area contributed by atoms with Crippen LogP contribution in [0.4, 0.5) is 5.00 Å². The number of hydrogen-bond donors (Lipinski definition) is 1. The number of benzene rings is 1. The Bertz CT molecular complexity index is 921. The van der Waals surface area contributed by atoms with E-state index >= 15 is 0 Å². The Balaban J connectivity index is 1.72. The van der Waals surface area contributed by atoms with Crippen LogP contribution < -0.4 is 14.8 Å². The van der Waals surface area contributed by atoms with Crippen LogP contribution in [0.5, 0.6) is 11.5 Å². The van der Waals surface area contributed by atoms with Crippen molar-refractivity contribution in [2.75, 3.05) is 26.1 Å². The van der Waals surface area contributed by atoms with Gasteiger partial charge in [0, 0.05) is 11.3 Å². The molecule has 0 fully saturated rings. The first-order valence-electron chi connectivity index (χ1n) is 10.3. The number of carbonyl (C=O) groups is 2. The lowest BCUT2D eigenvalue weighted by Crippen LogP contribution is -2.17. The third kappa shape index (κ3) is 4.95. The summed E-state index contributed by atoms with van der Waals surface area (Å²) in [6.07, 6.45) is 3.69. The Morgan fingerprint density at radius 2 is 1.97 bits per heavy atom. The van der Waals surface area contributed by atoms with Gasteiger partial charge in [-0.2, -0.15) is 0 Å². The first-order chi connectivity index (χ1) is 14.5. The van der Waals surface area contributed by atoms with Gasteiger partial charge in [-0.1, -0.05) is 13.0 Å². The van der Waals surface area contributed by atoms with E-state index in [1.54, 1.807) is 21.1 Å². The molecule has 1 aromatic carbocycles. The Hall–Kier alpha value is -2.54. The molecule has 30 heavy (non-hydrogen) atoms. The molecular weight excluding hydrogens is 402 g/mol. The number of esters is 1. The van der Waals surface area contributed by atoms with Gasteiger partial charge in [0.25, 0.3) is 0 Å². The molecule has 1 aliphatic carbocycles. The fourth-order valence-corrected chi connectivity index (χ4v) is 5.16. The third-order valence-corrected chi connectivity index (χ3v) is 6.50. The molecule has 0 bridgehead atoms. The number of thiophene rings is 1. The molecule has 0 spiro atoms. The molecule has 2 aromatic rings. The van der Waals surface area contributed by atoms with Gasteiger partial charge < -0.3 is 19.5 Å². The highest BCUT2D eigenvalue weighted by molar-refractivity contribution is 7.17. The van der Waals surface area contributed by atoms with Gasteiger partial charge in [0.05, 0.1) is 26.4 Å². The summed E-state index contributed by atoms with van der Waals surface area (Å²) in [7, 11) is 3.18. The van der Waals surface area contributed by atoms with E-state index in [-0.39, 0.29) is 11.9 Å². The molecule has 1 amide bonds. The van der Waals surface area contributed by atoms with Gasteiger partial charge in [-0.05, 0) is 61.8 Å². The zero-order valence-electron chi connectivity index (χ0n) is 18.0. The SMILES string of the molecule is CCOC(=O)c1c(NC(=O)CCc2ccc(OC)c(OC)c2)sc2c1CCC(C)C2. The summed E-state index contributed by atoms with van der Waals surface area (Å²) >= 11 is 1.51. The van der Waals surface area contributed by atoms with Crippen LogP contribution in [-0.2, 0) is 28.8 Å². The average Bonchev–Trinajstić information content (AvgIpc) is 3.08. The summed E-state index contributed by atoms with van der Waals surface area (Å²) in [5, 5.41) is 3.58. The number of ether oxygens (including phenoxy) is 3. The van der Waals surface area contributed by atoms with E-state index in [0.29, 0.717) is 47.4 Å². The van der Waals surface area contributed by atoms with Gasteiger partial charge in [0.1, 0.15) is 5.00 Å². The zero-order chi connectivity index (χ0) is 21.7. The van der Waals surface area contributed by atoms with Gasteiger partial charge in [-0.15, -0.1) is 11.3 Å². The minimum atomic E-state index is -0.347. The van der Waals surface area contributed by atoms with Gasteiger partial charge in [0.15, 0.2) is 11.5 Å². The maximum atomic E-state index is 12.7. The lowest BCUT2D eigenvalue weighted by atomic mass is 9.88. The van der Waals surface area contributed by atoms with Crippen molar-refractivity contribution in [2.45, 2.75) is 46.0 Å². The minimum absolute atomic E-state index is 0.123. The van der Waals surface area contributed by atoms with Crippen LogP contribution in [0, 0.1) is 5.92 Å². The normalized spacial score (nSPS) is 15.3. The number of nitrogens with one attached hydrogen (secondary N) is 1. The smallest absolute Gasteiger partial charge is 0.341 e. The van der Waals surface area contributed by atoms with E-state index in [2.05, 4.69) is 12.2 Å². The zero-order valence-corrected chi connectivity index (χ0v) is 18.8. The Morgan fingerprint density at radius 1 is 1.20 bits per heavy atom. The van der Waals surface area contributed by atoms with Crippen LogP contribution >= 0.6 is 11.3 Å². The van der Waals surface area contributed by atoms with Crippen molar-refractivity contribution >= 4 is 28.2 Å². The molecule has 0 saturated carbocycles. The van der Waals surface area contributed by atoms with Gasteiger partial charge in [0.2, 0.25) is 5.91 Å². The topological polar surface area (TPSA) is 73.9 Å². The molecule has 1 atom stereocenters. The summed E-state index contributed by atoms with van der Waals surface area (Å²) in [5.41, 5.74) is 2.57. The molecule has 1 unspecified atom stereocenters. The van der Waals surface area contributed by atoms with Crippen LogP contribution in [0.15, 0.2) is 18.2 Å². The summed E-state index contributed by atoms with van der Waals surface area (Å²) in [6, 6.07) is 5.63. The highest BCUT2D eigenvalue weighted by atomic mass is 32.1. The van der Waals surface area contributed by atoms with Gasteiger partial charge in [-0.25, -0.2) is 4.79 Å². The van der Waals surface area contributed by atoms with E-state index in [4.69, 9.17) is 14.2 Å². The fraction of sp³-hybridized carbons (Fsp3) is 0.478. The predicted molar refractivity (Wildman–Crippen MR) is 118 cm³/mol. The number of hydrogen-bond acceptors (Lipinski definition) is 6. The highest BCUT2D eigenvalue weighted by Gasteiger charge is 2.29. The third-order valence-electron chi connectivity index (χ3n) is 5.33. The quantitative estimate of drug-likeness (QED) is 0.617. The number of aryl methyl sites for hydroxylation is 1. The highest BCUT2D eigenvalue weighted by Crippen LogP contribution is 2.40. The largest absolute Gasteiger partial charge is 0.493 e. The number of anilines is 1. The molecule has 7 heteroatoms. The molecule has 1 N–H and O–H groups in total. The lowest BCUT2D eigenvalue weighted by Gasteiger charge is -2.18. The molecule has 1 aliphatic rings. The van der Waals surface area contributed by atoms with E-state index in [1.807, 2.05) is 18.2 Å². The molecule has 3 rings (SSSR count). The summed E-state index contributed by atoms with van der Waals surface area (Å²) < 4.78 is 15.8. The number of fused-ring (bicyclic) bond motifs is 1. The first kappa shape index (κ1) is 22.2. The summed E-state index contributed by atoms with van der Waals surface area (Å²) in [6.45, 7) is 4.32. The first-order valence-corrected chi connectivity index (χ1v) is 11.1. The van der Waals surface area contributed by atoms with Crippen LogP contribution in [0.3, 0.4) is 0 Å². The van der Waals surface area contributed by atoms with E-state index in [1.165, 1.54) is 16.2 Å². The van der Waals surface area contributed by atoms with Crippen molar-refractivity contribution in [2.24, 2.45) is 5.92 Å². The second-order valence-electron chi connectivity index (χ2n) is 7.51. The number of rotatable bonds is 8. The van der Waals surface area contributed by atoms with Crippen molar-refractivity contribution < 1.29 is 23.8 Å². The second-order valence-corrected chi connectivity index (χ2v) is 8.62. The van der Waals surface area contributed by atoms with Crippen LogP contribution in [0.2, 0.25) is 0 Å². The van der Waals surface area contributed by atoms with Gasteiger partial charge in [-0.3, -0.25) is 4.79 Å². The molecule has 0 radical (unpaired) electrons. The molecule has 1 aromatic heterocycles. The number of amides is 1. The predicted octanol–water partition coefficient (Wildman–Crippen LogP) is 4.64. The standard InChI is InChI=1S/C23H29NO5S/c1-5-29-23(26)21-16-9-6-14(2)12-19(16)30-22(21)24-20(25)11-8-15-7-10-17(27-3)18(13-15)28-4/h7,10,13-14H,5-6,8-9,11-12H2,1-4H3,(H,24,25). The summed E-state index contributed by atoms with van der Waals surface area (Å²) in [5.74, 6) is 1.41. The van der Waals surface area contributed by atoms with Gasteiger partial charge >= 0.3 is 5.97 Å². The average molecular weight is 432 g/mol. The molecule has 0 aliphatic heterocycles. The number of carbonyl (C=O) groups excluding carboxylic acids is 2. The van der Waals surface area contributed by atoms with E-state index < -0.39 is 0 Å². The molecule has 0 saturated heterocycles. The maximum absolute atomic E-state index is 12.7. The second kappa shape index (κ2) is 9.98. The molecule has 6 nitrogen and oxygen atoms in total. The Kier molecular flexibility index (Phi) is 7.37. The molecule has 162 valence electrons. The van der Waals surface area contributed by atoms with E-state index in [9.17, 15) is 9.59 Å². The van der Waals surface area contributed by atoms with Crippen LogP contribution in [0.1, 0.15) is 53.1 Å². The molecular formula is C23H29NO5S. The Morgan fingerprint density at radius 3 is 2.67 bits per heavy atom. The van der Waals surface area contributed by atoms with Crippen molar-refractivity contribution in [1.29, 1.82) is 0 Å². The lowest BCUT2D eigenvalue weighted by molar-refractivity contribution is -0.116. The van der Waals surface area contributed by atoms with Crippen LogP contribution in [-0.4, -0.2) is 32.7 Å². The number of methoxy groups -OCH3 is 2. The van der Waals surface area contributed by atoms with E-state index in [0.717, 1.165) is 30.4 Å². The van der Waals surface area contributed by atoms with Crippen molar-refractivity contribution in [3.8, 4) is 11.5 Å². The van der Waals surface area contributed by atoms with Crippen molar-refractivity contribution in [3.63, 3.8) is 0 Å². The summed E-state index contributed by atoms with van der Waals surface area (Å²) in [4.78, 5) is 26.4. The van der Waals surface area contributed by atoms with Crippen molar-refractivity contribution in [3.05, 3.63) is 39.8 Å².